The molecule has 17 heavy (non-hydrogen) atoms. The van der Waals surface area contributed by atoms with Crippen LogP contribution in [0.25, 0.3) is 11.4 Å². The van der Waals surface area contributed by atoms with E-state index in [9.17, 15) is 0 Å². The average Bonchev–Trinajstić information content (AvgIpc) is 2.38. The van der Waals surface area contributed by atoms with Crippen LogP contribution in [-0.4, -0.2) is 23.6 Å². The first-order valence-electron chi connectivity index (χ1n) is 5.51. The van der Waals surface area contributed by atoms with Gasteiger partial charge in [-0.1, -0.05) is 24.3 Å². The summed E-state index contributed by atoms with van der Waals surface area (Å²) in [5.74, 6) is 0.758. The molecule has 0 fully saturated rings. The van der Waals surface area contributed by atoms with E-state index in [2.05, 4.69) is 55.5 Å². The standard InChI is InChI=1S/C13H14BrN3/c1-15-7-6-10-2-4-11(5-3-10)13-16-8-12(14)9-17-13/h2-5,8-9,15H,6-7H2,1H3. The molecule has 0 aliphatic carbocycles. The summed E-state index contributed by atoms with van der Waals surface area (Å²) in [6.07, 6.45) is 4.56. The molecule has 0 spiro atoms. The Morgan fingerprint density at radius 1 is 1.12 bits per heavy atom. The summed E-state index contributed by atoms with van der Waals surface area (Å²) in [5.41, 5.74) is 2.37. The molecule has 2 aromatic rings. The number of nitrogens with zero attached hydrogens (tertiary/aromatic N) is 2. The number of nitrogens with one attached hydrogen (secondary N) is 1. The van der Waals surface area contributed by atoms with Gasteiger partial charge in [-0.15, -0.1) is 0 Å². The molecule has 0 amide bonds. The van der Waals surface area contributed by atoms with Gasteiger partial charge in [0, 0.05) is 18.0 Å². The van der Waals surface area contributed by atoms with Gasteiger partial charge in [0.25, 0.3) is 0 Å². The number of rotatable bonds is 4. The highest BCUT2D eigenvalue weighted by atomic mass is 79.9. The van der Waals surface area contributed by atoms with Crippen molar-refractivity contribution in [2.75, 3.05) is 13.6 Å². The molecule has 2 rings (SSSR count). The molecule has 3 nitrogen and oxygen atoms in total. The molecule has 88 valence electrons. The zero-order chi connectivity index (χ0) is 12.1. The lowest BCUT2D eigenvalue weighted by Gasteiger charge is -2.03. The van der Waals surface area contributed by atoms with Crippen LogP contribution in [0.5, 0.6) is 0 Å². The molecule has 1 N–H and O–H groups in total. The Kier molecular flexibility index (Phi) is 4.23. The maximum atomic E-state index is 4.27. The van der Waals surface area contributed by atoms with Crippen molar-refractivity contribution in [1.29, 1.82) is 0 Å². The van der Waals surface area contributed by atoms with Gasteiger partial charge in [0.1, 0.15) is 0 Å². The number of hydrogen-bond acceptors (Lipinski definition) is 3. The highest BCUT2D eigenvalue weighted by Gasteiger charge is 2.00. The lowest BCUT2D eigenvalue weighted by atomic mass is 10.1. The van der Waals surface area contributed by atoms with Crippen LogP contribution in [0.3, 0.4) is 0 Å². The van der Waals surface area contributed by atoms with Crippen molar-refractivity contribution in [2.45, 2.75) is 6.42 Å². The Balaban J connectivity index is 2.14. The minimum absolute atomic E-state index is 0.758. The monoisotopic (exact) mass is 291 g/mol. The second-order valence-corrected chi connectivity index (χ2v) is 4.69. The number of benzene rings is 1. The molecule has 0 radical (unpaired) electrons. The highest BCUT2D eigenvalue weighted by molar-refractivity contribution is 9.10. The predicted molar refractivity (Wildman–Crippen MR) is 72.8 cm³/mol. The molecule has 4 heteroatoms. The number of aromatic nitrogens is 2. The van der Waals surface area contributed by atoms with Gasteiger partial charge >= 0.3 is 0 Å². The van der Waals surface area contributed by atoms with Crippen LogP contribution in [0.15, 0.2) is 41.1 Å². The summed E-state index contributed by atoms with van der Waals surface area (Å²) >= 11 is 3.33. The van der Waals surface area contributed by atoms with Crippen molar-refractivity contribution >= 4 is 15.9 Å². The molecule has 0 bridgehead atoms. The Bertz CT molecular complexity index is 465. The molecular weight excluding hydrogens is 278 g/mol. The molecule has 1 aromatic carbocycles. The largest absolute Gasteiger partial charge is 0.319 e. The summed E-state index contributed by atoms with van der Waals surface area (Å²) < 4.78 is 0.895. The zero-order valence-corrected chi connectivity index (χ0v) is 11.2. The molecule has 0 aliphatic heterocycles. The van der Waals surface area contributed by atoms with Crippen LogP contribution < -0.4 is 5.32 Å². The SMILES string of the molecule is CNCCc1ccc(-c2ncc(Br)cn2)cc1. The number of hydrogen-bond donors (Lipinski definition) is 1. The van der Waals surface area contributed by atoms with E-state index in [4.69, 9.17) is 0 Å². The summed E-state index contributed by atoms with van der Waals surface area (Å²) in [7, 11) is 1.96. The second kappa shape index (κ2) is 5.89. The fourth-order valence-electron chi connectivity index (χ4n) is 1.55. The van der Waals surface area contributed by atoms with E-state index >= 15 is 0 Å². The predicted octanol–water partition coefficient (Wildman–Crippen LogP) is 2.67. The number of halogens is 1. The first-order chi connectivity index (χ1) is 8.29. The molecular formula is C13H14BrN3. The van der Waals surface area contributed by atoms with E-state index in [1.54, 1.807) is 12.4 Å². The lowest BCUT2D eigenvalue weighted by molar-refractivity contribution is 0.792. The molecule has 0 saturated carbocycles. The fraction of sp³-hybridized carbons (Fsp3) is 0.231. The lowest BCUT2D eigenvalue weighted by Crippen LogP contribution is -2.10. The molecule has 1 heterocycles. The van der Waals surface area contributed by atoms with E-state index in [1.807, 2.05) is 7.05 Å². The van der Waals surface area contributed by atoms with Crippen molar-refractivity contribution in [3.05, 3.63) is 46.7 Å². The van der Waals surface area contributed by atoms with Gasteiger partial charge in [-0.2, -0.15) is 0 Å². The zero-order valence-electron chi connectivity index (χ0n) is 9.65. The van der Waals surface area contributed by atoms with Crippen molar-refractivity contribution in [3.63, 3.8) is 0 Å². The van der Waals surface area contributed by atoms with E-state index in [0.29, 0.717) is 0 Å². The van der Waals surface area contributed by atoms with Crippen LogP contribution in [0.4, 0.5) is 0 Å². The van der Waals surface area contributed by atoms with Crippen LogP contribution >= 0.6 is 15.9 Å². The first kappa shape index (κ1) is 12.2. The van der Waals surface area contributed by atoms with Crippen molar-refractivity contribution in [3.8, 4) is 11.4 Å². The van der Waals surface area contributed by atoms with Crippen molar-refractivity contribution in [2.24, 2.45) is 0 Å². The smallest absolute Gasteiger partial charge is 0.159 e. The van der Waals surface area contributed by atoms with Gasteiger partial charge in [0.05, 0.1) is 4.47 Å². The van der Waals surface area contributed by atoms with Gasteiger partial charge < -0.3 is 5.32 Å². The van der Waals surface area contributed by atoms with Crippen LogP contribution in [-0.2, 0) is 6.42 Å². The van der Waals surface area contributed by atoms with E-state index < -0.39 is 0 Å². The normalized spacial score (nSPS) is 10.5. The Morgan fingerprint density at radius 3 is 2.35 bits per heavy atom. The van der Waals surface area contributed by atoms with E-state index in [-0.39, 0.29) is 0 Å². The quantitative estimate of drug-likeness (QED) is 0.941. The summed E-state index contributed by atoms with van der Waals surface area (Å²) in [5, 5.41) is 3.14. The maximum Gasteiger partial charge on any atom is 0.159 e. The minimum atomic E-state index is 0.758. The Hall–Kier alpha value is -1.26. The van der Waals surface area contributed by atoms with Crippen LogP contribution in [0.2, 0.25) is 0 Å². The molecule has 1 aromatic heterocycles. The Morgan fingerprint density at radius 2 is 1.76 bits per heavy atom. The third-order valence-electron chi connectivity index (χ3n) is 2.50. The van der Waals surface area contributed by atoms with Gasteiger partial charge in [-0.25, -0.2) is 9.97 Å². The van der Waals surface area contributed by atoms with Gasteiger partial charge in [-0.3, -0.25) is 0 Å². The van der Waals surface area contributed by atoms with Gasteiger partial charge in [-0.05, 0) is 41.5 Å². The van der Waals surface area contributed by atoms with Crippen molar-refractivity contribution in [1.82, 2.24) is 15.3 Å². The average molecular weight is 292 g/mol. The van der Waals surface area contributed by atoms with Gasteiger partial charge in [0.15, 0.2) is 5.82 Å². The minimum Gasteiger partial charge on any atom is -0.319 e. The summed E-state index contributed by atoms with van der Waals surface area (Å²) in [4.78, 5) is 8.54. The fourth-order valence-corrected chi connectivity index (χ4v) is 1.76. The van der Waals surface area contributed by atoms with Crippen LogP contribution in [0.1, 0.15) is 5.56 Å². The third-order valence-corrected chi connectivity index (χ3v) is 2.91. The van der Waals surface area contributed by atoms with E-state index in [0.717, 1.165) is 28.8 Å². The molecule has 0 atom stereocenters. The first-order valence-corrected chi connectivity index (χ1v) is 6.30. The summed E-state index contributed by atoms with van der Waals surface area (Å²) in [6, 6.07) is 8.37. The van der Waals surface area contributed by atoms with Gasteiger partial charge in [0.2, 0.25) is 0 Å². The highest BCUT2D eigenvalue weighted by Crippen LogP contribution is 2.16. The number of likely N-dealkylation sites (N-methyl/N-ethyl adjacent to an activating group) is 1. The second-order valence-electron chi connectivity index (χ2n) is 3.78. The topological polar surface area (TPSA) is 37.8 Å². The molecule has 0 saturated heterocycles. The van der Waals surface area contributed by atoms with Crippen LogP contribution in [0, 0.1) is 0 Å². The summed E-state index contributed by atoms with van der Waals surface area (Å²) in [6.45, 7) is 0.994. The third kappa shape index (κ3) is 3.35. The molecule has 0 aliphatic rings. The maximum absolute atomic E-state index is 4.27. The van der Waals surface area contributed by atoms with E-state index in [1.165, 1.54) is 5.56 Å². The Labute approximate surface area is 109 Å². The van der Waals surface area contributed by atoms with Crippen molar-refractivity contribution < 1.29 is 0 Å². The molecule has 0 unspecified atom stereocenters.